The summed E-state index contributed by atoms with van der Waals surface area (Å²) in [6, 6.07) is 12.7. The predicted molar refractivity (Wildman–Crippen MR) is 92.6 cm³/mol. The molecule has 0 fully saturated rings. The second-order valence-corrected chi connectivity index (χ2v) is 5.54. The Kier molecular flexibility index (Phi) is 4.90. The summed E-state index contributed by atoms with van der Waals surface area (Å²) in [4.78, 5) is 4.50. The maximum Gasteiger partial charge on any atom is 0.187 e. The van der Waals surface area contributed by atoms with Crippen molar-refractivity contribution in [3.05, 3.63) is 53.4 Å². The molecular formula is C16H15ClN2O2S. The number of aromatic hydroxyl groups is 2. The first-order chi connectivity index (χ1) is 10.1. The van der Waals surface area contributed by atoms with Crippen molar-refractivity contribution in [1.29, 1.82) is 0 Å². The molecule has 114 valence electrons. The van der Waals surface area contributed by atoms with E-state index in [1.165, 1.54) is 23.5 Å². The number of anilines is 2. The molecule has 2 aromatic carbocycles. The number of phenolic OH excluding ortho intramolecular Hbond substituents is 2. The molecule has 0 aliphatic heterocycles. The Hall–Kier alpha value is -2.24. The van der Waals surface area contributed by atoms with Crippen LogP contribution >= 0.6 is 23.7 Å². The average molecular weight is 335 g/mol. The highest BCUT2D eigenvalue weighted by Crippen LogP contribution is 2.33. The van der Waals surface area contributed by atoms with Crippen LogP contribution in [0.4, 0.5) is 10.8 Å². The fourth-order valence-electron chi connectivity index (χ4n) is 1.97. The minimum atomic E-state index is -0.145. The van der Waals surface area contributed by atoms with Crippen molar-refractivity contribution < 1.29 is 10.2 Å². The molecule has 0 amide bonds. The van der Waals surface area contributed by atoms with E-state index in [-0.39, 0.29) is 23.9 Å². The van der Waals surface area contributed by atoms with Gasteiger partial charge in [0.05, 0.1) is 5.69 Å². The van der Waals surface area contributed by atoms with Gasteiger partial charge in [-0.2, -0.15) is 0 Å². The molecule has 3 aromatic rings. The lowest BCUT2D eigenvalue weighted by Gasteiger charge is -2.05. The highest BCUT2D eigenvalue weighted by Gasteiger charge is 2.08. The van der Waals surface area contributed by atoms with Crippen LogP contribution in [0.5, 0.6) is 11.5 Å². The van der Waals surface area contributed by atoms with Gasteiger partial charge in [-0.15, -0.1) is 23.7 Å². The number of rotatable bonds is 3. The molecule has 0 radical (unpaired) electrons. The third-order valence-electron chi connectivity index (χ3n) is 3.16. The molecule has 0 saturated heterocycles. The second-order valence-electron chi connectivity index (χ2n) is 4.68. The van der Waals surface area contributed by atoms with Gasteiger partial charge in [0.15, 0.2) is 16.6 Å². The van der Waals surface area contributed by atoms with E-state index in [1.807, 2.05) is 36.6 Å². The summed E-state index contributed by atoms with van der Waals surface area (Å²) in [5.74, 6) is -0.277. The van der Waals surface area contributed by atoms with Crippen molar-refractivity contribution in [2.45, 2.75) is 6.92 Å². The largest absolute Gasteiger partial charge is 0.504 e. The van der Waals surface area contributed by atoms with Gasteiger partial charge < -0.3 is 15.5 Å². The fourth-order valence-corrected chi connectivity index (χ4v) is 2.71. The summed E-state index contributed by atoms with van der Waals surface area (Å²) >= 11 is 1.49. The number of aromatic nitrogens is 1. The SMILES string of the molecule is Cc1ccccc1Nc1nc(-c2ccc(O)c(O)c2)cs1.Cl. The number of nitrogens with one attached hydrogen (secondary N) is 1. The summed E-state index contributed by atoms with van der Waals surface area (Å²) in [7, 11) is 0. The van der Waals surface area contributed by atoms with E-state index in [4.69, 9.17) is 0 Å². The van der Waals surface area contributed by atoms with E-state index in [0.29, 0.717) is 0 Å². The van der Waals surface area contributed by atoms with Crippen LogP contribution in [0.15, 0.2) is 47.8 Å². The van der Waals surface area contributed by atoms with Crippen LogP contribution in [0.1, 0.15) is 5.56 Å². The molecule has 0 unspecified atom stereocenters. The number of hydrogen-bond donors (Lipinski definition) is 3. The first-order valence-electron chi connectivity index (χ1n) is 6.44. The number of phenols is 2. The van der Waals surface area contributed by atoms with Gasteiger partial charge in [0.2, 0.25) is 0 Å². The van der Waals surface area contributed by atoms with Crippen molar-refractivity contribution in [3.8, 4) is 22.8 Å². The van der Waals surface area contributed by atoms with E-state index in [0.717, 1.165) is 27.6 Å². The van der Waals surface area contributed by atoms with E-state index in [1.54, 1.807) is 6.07 Å². The molecular weight excluding hydrogens is 320 g/mol. The molecule has 3 N–H and O–H groups in total. The third kappa shape index (κ3) is 3.32. The normalized spacial score (nSPS) is 10.0. The maximum absolute atomic E-state index is 9.55. The molecule has 0 spiro atoms. The topological polar surface area (TPSA) is 65.4 Å². The zero-order valence-electron chi connectivity index (χ0n) is 11.8. The van der Waals surface area contributed by atoms with E-state index in [9.17, 15) is 10.2 Å². The summed E-state index contributed by atoms with van der Waals surface area (Å²) in [6.07, 6.45) is 0. The quantitative estimate of drug-likeness (QED) is 0.608. The van der Waals surface area contributed by atoms with Crippen LogP contribution in [0.2, 0.25) is 0 Å². The lowest BCUT2D eigenvalue weighted by atomic mass is 10.1. The highest BCUT2D eigenvalue weighted by atomic mass is 35.5. The lowest BCUT2D eigenvalue weighted by molar-refractivity contribution is 0.404. The Morgan fingerprint density at radius 1 is 1.05 bits per heavy atom. The summed E-state index contributed by atoms with van der Waals surface area (Å²) in [6.45, 7) is 2.04. The molecule has 22 heavy (non-hydrogen) atoms. The number of halogens is 1. The van der Waals surface area contributed by atoms with Gasteiger partial charge in [-0.3, -0.25) is 0 Å². The van der Waals surface area contributed by atoms with Crippen LogP contribution < -0.4 is 5.32 Å². The highest BCUT2D eigenvalue weighted by molar-refractivity contribution is 7.14. The Bertz CT molecular complexity index is 789. The number of nitrogens with zero attached hydrogens (tertiary/aromatic N) is 1. The number of benzene rings is 2. The second kappa shape index (κ2) is 6.68. The summed E-state index contributed by atoms with van der Waals surface area (Å²) in [5.41, 5.74) is 3.69. The van der Waals surface area contributed by atoms with E-state index < -0.39 is 0 Å². The van der Waals surface area contributed by atoms with Gasteiger partial charge >= 0.3 is 0 Å². The molecule has 1 aromatic heterocycles. The van der Waals surface area contributed by atoms with Crippen LogP contribution in [0, 0.1) is 6.92 Å². The zero-order chi connectivity index (χ0) is 14.8. The molecule has 0 aliphatic rings. The van der Waals surface area contributed by atoms with Crippen molar-refractivity contribution in [2.75, 3.05) is 5.32 Å². The summed E-state index contributed by atoms with van der Waals surface area (Å²) < 4.78 is 0. The molecule has 1 heterocycles. The van der Waals surface area contributed by atoms with Crippen molar-refractivity contribution in [2.24, 2.45) is 0 Å². The predicted octanol–water partition coefficient (Wildman–Crippen LogP) is 4.70. The molecule has 0 bridgehead atoms. The van der Waals surface area contributed by atoms with Crippen LogP contribution in [0.3, 0.4) is 0 Å². The maximum atomic E-state index is 9.55. The van der Waals surface area contributed by atoms with Gasteiger partial charge in [0.25, 0.3) is 0 Å². The van der Waals surface area contributed by atoms with Crippen molar-refractivity contribution in [3.63, 3.8) is 0 Å². The Morgan fingerprint density at radius 2 is 1.82 bits per heavy atom. The number of para-hydroxylation sites is 1. The Morgan fingerprint density at radius 3 is 2.55 bits per heavy atom. The molecule has 0 aliphatic carbocycles. The van der Waals surface area contributed by atoms with Gasteiger partial charge in [-0.05, 0) is 36.8 Å². The van der Waals surface area contributed by atoms with Crippen molar-refractivity contribution >= 4 is 34.6 Å². The van der Waals surface area contributed by atoms with Crippen LogP contribution in [-0.4, -0.2) is 15.2 Å². The van der Waals surface area contributed by atoms with Crippen molar-refractivity contribution in [1.82, 2.24) is 4.98 Å². The average Bonchev–Trinajstić information content (AvgIpc) is 2.93. The minimum Gasteiger partial charge on any atom is -0.504 e. The van der Waals surface area contributed by atoms with E-state index in [2.05, 4.69) is 10.3 Å². The van der Waals surface area contributed by atoms with E-state index >= 15 is 0 Å². The molecule has 3 rings (SSSR count). The zero-order valence-corrected chi connectivity index (χ0v) is 13.4. The standard InChI is InChI=1S/C16H14N2O2S.ClH/c1-10-4-2-3-5-12(10)17-16-18-13(9-21-16)11-6-7-14(19)15(20)8-11;/h2-9,19-20H,1H3,(H,17,18);1H. The number of hydrogen-bond acceptors (Lipinski definition) is 5. The first-order valence-corrected chi connectivity index (χ1v) is 7.32. The monoisotopic (exact) mass is 334 g/mol. The first kappa shape index (κ1) is 16.1. The van der Waals surface area contributed by atoms with Crippen LogP contribution in [-0.2, 0) is 0 Å². The smallest absolute Gasteiger partial charge is 0.187 e. The summed E-state index contributed by atoms with van der Waals surface area (Å²) in [5, 5.41) is 24.9. The van der Waals surface area contributed by atoms with Gasteiger partial charge in [-0.25, -0.2) is 4.98 Å². The molecule has 6 heteroatoms. The van der Waals surface area contributed by atoms with Gasteiger partial charge in [-0.1, -0.05) is 18.2 Å². The molecule has 0 atom stereocenters. The Balaban J connectivity index is 0.00000176. The third-order valence-corrected chi connectivity index (χ3v) is 3.92. The van der Waals surface area contributed by atoms with Gasteiger partial charge in [0, 0.05) is 16.6 Å². The minimum absolute atomic E-state index is 0. The Labute approximate surface area is 138 Å². The molecule has 4 nitrogen and oxygen atoms in total. The lowest BCUT2D eigenvalue weighted by Crippen LogP contribution is -1.91. The van der Waals surface area contributed by atoms with Gasteiger partial charge in [0.1, 0.15) is 0 Å². The number of thiazole rings is 1. The number of aryl methyl sites for hydroxylation is 1. The fraction of sp³-hybridized carbons (Fsp3) is 0.0625. The van der Waals surface area contributed by atoms with Crippen LogP contribution in [0.25, 0.3) is 11.3 Å². The molecule has 0 saturated carbocycles.